The highest BCUT2D eigenvalue weighted by Crippen LogP contribution is 2.17. The molecule has 1 aliphatic heterocycles. The smallest absolute Gasteiger partial charge is 0.257 e. The Balaban J connectivity index is 0.00000192. The highest BCUT2D eigenvalue weighted by Gasteiger charge is 2.24. The summed E-state index contributed by atoms with van der Waals surface area (Å²) in [5.41, 5.74) is 2.03. The van der Waals surface area contributed by atoms with Crippen LogP contribution in [0.4, 0.5) is 0 Å². The van der Waals surface area contributed by atoms with Crippen LogP contribution in [0.25, 0.3) is 0 Å². The van der Waals surface area contributed by atoms with Crippen molar-refractivity contribution in [3.05, 3.63) is 59.0 Å². The first-order chi connectivity index (χ1) is 10.6. The number of hydrogen-bond acceptors (Lipinski definition) is 3. The number of nitrogens with zero attached hydrogens (tertiary/aromatic N) is 2. The fraction of sp³-hybridized carbons (Fsp3) is 0.389. The van der Waals surface area contributed by atoms with E-state index in [1.54, 1.807) is 0 Å². The molecule has 5 heteroatoms. The molecule has 0 spiro atoms. The number of halogens is 1. The van der Waals surface area contributed by atoms with E-state index in [2.05, 4.69) is 29.2 Å². The minimum absolute atomic E-state index is 0. The van der Waals surface area contributed by atoms with Crippen LogP contribution in [0.5, 0.6) is 0 Å². The average molecular weight is 335 g/mol. The molecule has 0 radical (unpaired) electrons. The molecule has 124 valence electrons. The Kier molecular flexibility index (Phi) is 5.85. The molecule has 1 aliphatic rings. The Morgan fingerprint density at radius 3 is 2.30 bits per heavy atom. The van der Waals surface area contributed by atoms with Crippen molar-refractivity contribution in [3.63, 3.8) is 0 Å². The molecule has 4 nitrogen and oxygen atoms in total. The van der Waals surface area contributed by atoms with E-state index < -0.39 is 0 Å². The second-order valence-electron chi connectivity index (χ2n) is 5.88. The predicted octanol–water partition coefficient (Wildman–Crippen LogP) is 3.28. The molecule has 1 aromatic carbocycles. The fourth-order valence-corrected chi connectivity index (χ4v) is 2.96. The summed E-state index contributed by atoms with van der Waals surface area (Å²) >= 11 is 0. The van der Waals surface area contributed by atoms with Crippen molar-refractivity contribution < 1.29 is 9.21 Å². The summed E-state index contributed by atoms with van der Waals surface area (Å²) in [5, 5.41) is 0. The Bertz CT molecular complexity index is 646. The van der Waals surface area contributed by atoms with Crippen LogP contribution < -0.4 is 0 Å². The van der Waals surface area contributed by atoms with Crippen LogP contribution >= 0.6 is 12.4 Å². The van der Waals surface area contributed by atoms with Gasteiger partial charge in [-0.2, -0.15) is 0 Å². The molecule has 23 heavy (non-hydrogen) atoms. The molecule has 1 amide bonds. The Morgan fingerprint density at radius 2 is 1.74 bits per heavy atom. The van der Waals surface area contributed by atoms with E-state index in [4.69, 9.17) is 4.42 Å². The summed E-state index contributed by atoms with van der Waals surface area (Å²) in [5.74, 6) is 1.60. The maximum Gasteiger partial charge on any atom is 0.257 e. The molecule has 0 atom stereocenters. The zero-order valence-corrected chi connectivity index (χ0v) is 14.4. The minimum Gasteiger partial charge on any atom is -0.466 e. The summed E-state index contributed by atoms with van der Waals surface area (Å²) in [6.07, 6.45) is 0. The number of carbonyl (C=O) groups excluding carboxylic acids is 1. The normalized spacial score (nSPS) is 15.3. The van der Waals surface area contributed by atoms with Gasteiger partial charge < -0.3 is 9.32 Å². The number of benzene rings is 1. The number of carbonyl (C=O) groups is 1. The maximum atomic E-state index is 12.5. The molecule has 2 heterocycles. The summed E-state index contributed by atoms with van der Waals surface area (Å²) in [6, 6.07) is 12.3. The molecule has 0 bridgehead atoms. The van der Waals surface area contributed by atoms with E-state index in [1.807, 2.05) is 30.9 Å². The van der Waals surface area contributed by atoms with Crippen LogP contribution in [0.2, 0.25) is 0 Å². The number of piperazine rings is 1. The fourth-order valence-electron chi connectivity index (χ4n) is 2.96. The number of amides is 1. The van der Waals surface area contributed by atoms with Crippen molar-refractivity contribution in [1.29, 1.82) is 0 Å². The predicted molar refractivity (Wildman–Crippen MR) is 93.1 cm³/mol. The SMILES string of the molecule is Cc1cc(C(=O)N2CCN(Cc3ccccc3)CC2)c(C)o1.Cl. The van der Waals surface area contributed by atoms with Gasteiger partial charge >= 0.3 is 0 Å². The molecule has 2 aromatic rings. The van der Waals surface area contributed by atoms with Crippen LogP contribution in [-0.4, -0.2) is 41.9 Å². The molecular formula is C18H23ClN2O2. The third-order valence-corrected chi connectivity index (χ3v) is 4.18. The van der Waals surface area contributed by atoms with Crippen molar-refractivity contribution in [2.24, 2.45) is 0 Å². The number of rotatable bonds is 3. The quantitative estimate of drug-likeness (QED) is 0.864. The lowest BCUT2D eigenvalue weighted by Gasteiger charge is -2.34. The minimum atomic E-state index is 0. The number of furan rings is 1. The Hall–Kier alpha value is -1.78. The monoisotopic (exact) mass is 334 g/mol. The van der Waals surface area contributed by atoms with E-state index in [0.29, 0.717) is 11.3 Å². The average Bonchev–Trinajstić information content (AvgIpc) is 2.87. The first-order valence-electron chi connectivity index (χ1n) is 7.76. The Morgan fingerprint density at radius 1 is 1.09 bits per heavy atom. The standard InChI is InChI=1S/C18H22N2O2.ClH/c1-14-12-17(15(2)22-14)18(21)20-10-8-19(9-11-20)13-16-6-4-3-5-7-16;/h3-7,12H,8-11,13H2,1-2H3;1H. The van der Waals surface area contributed by atoms with Gasteiger partial charge in [-0.1, -0.05) is 30.3 Å². The van der Waals surface area contributed by atoms with Crippen LogP contribution in [0, 0.1) is 13.8 Å². The van der Waals surface area contributed by atoms with Gasteiger partial charge in [-0.15, -0.1) is 12.4 Å². The van der Waals surface area contributed by atoms with Gasteiger partial charge in [0.2, 0.25) is 0 Å². The first kappa shape index (κ1) is 17.6. The summed E-state index contributed by atoms with van der Waals surface area (Å²) < 4.78 is 5.47. The zero-order chi connectivity index (χ0) is 15.5. The molecule has 0 saturated carbocycles. The summed E-state index contributed by atoms with van der Waals surface area (Å²) in [4.78, 5) is 16.9. The van der Waals surface area contributed by atoms with Crippen molar-refractivity contribution in [2.75, 3.05) is 26.2 Å². The summed E-state index contributed by atoms with van der Waals surface area (Å²) in [6.45, 7) is 8.05. The largest absolute Gasteiger partial charge is 0.466 e. The third kappa shape index (κ3) is 4.15. The molecule has 0 aliphatic carbocycles. The second kappa shape index (κ2) is 7.66. The van der Waals surface area contributed by atoms with E-state index in [9.17, 15) is 4.79 Å². The van der Waals surface area contributed by atoms with Gasteiger partial charge in [0, 0.05) is 32.7 Å². The van der Waals surface area contributed by atoms with E-state index in [1.165, 1.54) is 5.56 Å². The maximum absolute atomic E-state index is 12.5. The van der Waals surface area contributed by atoms with E-state index >= 15 is 0 Å². The van der Waals surface area contributed by atoms with Gasteiger partial charge in [0.15, 0.2) is 0 Å². The van der Waals surface area contributed by atoms with Crippen molar-refractivity contribution in [1.82, 2.24) is 9.80 Å². The lowest BCUT2D eigenvalue weighted by molar-refractivity contribution is 0.0627. The van der Waals surface area contributed by atoms with Gasteiger partial charge in [-0.25, -0.2) is 0 Å². The number of aryl methyl sites for hydroxylation is 2. The lowest BCUT2D eigenvalue weighted by atomic mass is 10.1. The van der Waals surface area contributed by atoms with Gasteiger partial charge in [-0.05, 0) is 25.5 Å². The third-order valence-electron chi connectivity index (χ3n) is 4.18. The van der Waals surface area contributed by atoms with Crippen LogP contribution in [0.3, 0.4) is 0 Å². The highest BCUT2D eigenvalue weighted by molar-refractivity contribution is 5.95. The number of hydrogen-bond donors (Lipinski definition) is 0. The highest BCUT2D eigenvalue weighted by atomic mass is 35.5. The van der Waals surface area contributed by atoms with Crippen molar-refractivity contribution in [2.45, 2.75) is 20.4 Å². The van der Waals surface area contributed by atoms with Gasteiger partial charge in [0.1, 0.15) is 11.5 Å². The van der Waals surface area contributed by atoms with Gasteiger partial charge in [-0.3, -0.25) is 9.69 Å². The molecule has 1 fully saturated rings. The molecule has 1 saturated heterocycles. The zero-order valence-electron chi connectivity index (χ0n) is 13.6. The van der Waals surface area contributed by atoms with Gasteiger partial charge in [0.05, 0.1) is 5.56 Å². The van der Waals surface area contributed by atoms with Crippen molar-refractivity contribution >= 4 is 18.3 Å². The van der Waals surface area contributed by atoms with Crippen molar-refractivity contribution in [3.8, 4) is 0 Å². The van der Waals surface area contributed by atoms with Crippen LogP contribution in [0.1, 0.15) is 27.4 Å². The lowest BCUT2D eigenvalue weighted by Crippen LogP contribution is -2.48. The van der Waals surface area contributed by atoms with E-state index in [0.717, 1.165) is 38.5 Å². The van der Waals surface area contributed by atoms with Crippen LogP contribution in [0.15, 0.2) is 40.8 Å². The Labute approximate surface area is 143 Å². The first-order valence-corrected chi connectivity index (χ1v) is 7.76. The van der Waals surface area contributed by atoms with Crippen LogP contribution in [-0.2, 0) is 6.54 Å². The second-order valence-corrected chi connectivity index (χ2v) is 5.88. The topological polar surface area (TPSA) is 36.7 Å². The van der Waals surface area contributed by atoms with Gasteiger partial charge in [0.25, 0.3) is 5.91 Å². The molecular weight excluding hydrogens is 312 g/mol. The molecule has 0 N–H and O–H groups in total. The molecule has 1 aromatic heterocycles. The summed E-state index contributed by atoms with van der Waals surface area (Å²) in [7, 11) is 0. The molecule has 3 rings (SSSR count). The van der Waals surface area contributed by atoms with E-state index in [-0.39, 0.29) is 18.3 Å². The molecule has 0 unspecified atom stereocenters.